The Morgan fingerprint density at radius 3 is 2.86 bits per heavy atom. The van der Waals surface area contributed by atoms with E-state index in [0.29, 0.717) is 5.95 Å². The van der Waals surface area contributed by atoms with Gasteiger partial charge in [-0.3, -0.25) is 0 Å². The molecular formula is C9H17N5. The molecule has 0 fully saturated rings. The number of hydrogen-bond donors (Lipinski definition) is 3. The summed E-state index contributed by atoms with van der Waals surface area (Å²) in [6, 6.07) is 1.80. The quantitative estimate of drug-likeness (QED) is 0.578. The van der Waals surface area contributed by atoms with Crippen molar-refractivity contribution in [2.75, 3.05) is 24.1 Å². The van der Waals surface area contributed by atoms with Gasteiger partial charge in [0.1, 0.15) is 5.82 Å². The SMILES string of the molecule is NCCCCCNc1ccnc(N)n1. The molecule has 0 aromatic carbocycles. The molecule has 0 aliphatic rings. The van der Waals surface area contributed by atoms with Crippen LogP contribution in [-0.2, 0) is 0 Å². The second-order valence-corrected chi connectivity index (χ2v) is 3.08. The summed E-state index contributed by atoms with van der Waals surface area (Å²) in [4.78, 5) is 7.83. The van der Waals surface area contributed by atoms with Crippen molar-refractivity contribution < 1.29 is 0 Å². The van der Waals surface area contributed by atoms with Gasteiger partial charge in [-0.15, -0.1) is 0 Å². The summed E-state index contributed by atoms with van der Waals surface area (Å²) in [7, 11) is 0. The Labute approximate surface area is 83.9 Å². The fourth-order valence-corrected chi connectivity index (χ4v) is 1.13. The topological polar surface area (TPSA) is 89.8 Å². The molecule has 0 unspecified atom stereocenters. The third kappa shape index (κ3) is 4.04. The summed E-state index contributed by atoms with van der Waals surface area (Å²) in [5.41, 5.74) is 10.8. The molecule has 14 heavy (non-hydrogen) atoms. The molecule has 5 heteroatoms. The van der Waals surface area contributed by atoms with Gasteiger partial charge < -0.3 is 16.8 Å². The van der Waals surface area contributed by atoms with Crippen molar-refractivity contribution in [3.63, 3.8) is 0 Å². The molecule has 1 heterocycles. The lowest BCUT2D eigenvalue weighted by Gasteiger charge is -2.04. The van der Waals surface area contributed by atoms with E-state index in [4.69, 9.17) is 11.5 Å². The number of nitrogen functional groups attached to an aromatic ring is 1. The van der Waals surface area contributed by atoms with Crippen LogP contribution in [0.25, 0.3) is 0 Å². The van der Waals surface area contributed by atoms with Gasteiger partial charge in [0, 0.05) is 12.7 Å². The maximum absolute atomic E-state index is 5.43. The Kier molecular flexibility index (Phi) is 4.71. The van der Waals surface area contributed by atoms with Gasteiger partial charge in [0.25, 0.3) is 0 Å². The average molecular weight is 195 g/mol. The maximum atomic E-state index is 5.43. The van der Waals surface area contributed by atoms with Gasteiger partial charge in [-0.25, -0.2) is 4.98 Å². The van der Waals surface area contributed by atoms with Crippen LogP contribution >= 0.6 is 0 Å². The largest absolute Gasteiger partial charge is 0.370 e. The summed E-state index contributed by atoms with van der Waals surface area (Å²) >= 11 is 0. The van der Waals surface area contributed by atoms with E-state index in [0.717, 1.165) is 38.2 Å². The average Bonchev–Trinajstić information content (AvgIpc) is 2.18. The molecule has 1 aromatic rings. The van der Waals surface area contributed by atoms with Crippen molar-refractivity contribution in [2.24, 2.45) is 5.73 Å². The van der Waals surface area contributed by atoms with Gasteiger partial charge in [-0.1, -0.05) is 6.42 Å². The van der Waals surface area contributed by atoms with Gasteiger partial charge in [-0.05, 0) is 25.5 Å². The van der Waals surface area contributed by atoms with Crippen LogP contribution in [0.1, 0.15) is 19.3 Å². The first kappa shape index (κ1) is 10.7. The Hall–Kier alpha value is -1.36. The monoisotopic (exact) mass is 195 g/mol. The highest BCUT2D eigenvalue weighted by molar-refractivity contribution is 5.36. The second-order valence-electron chi connectivity index (χ2n) is 3.08. The summed E-state index contributed by atoms with van der Waals surface area (Å²) < 4.78 is 0. The number of aromatic nitrogens is 2. The van der Waals surface area contributed by atoms with Crippen LogP contribution in [0.5, 0.6) is 0 Å². The zero-order chi connectivity index (χ0) is 10.2. The zero-order valence-electron chi connectivity index (χ0n) is 8.24. The molecule has 0 spiro atoms. The zero-order valence-corrected chi connectivity index (χ0v) is 8.24. The van der Waals surface area contributed by atoms with Crippen LogP contribution in [0.4, 0.5) is 11.8 Å². The number of rotatable bonds is 6. The molecule has 0 radical (unpaired) electrons. The van der Waals surface area contributed by atoms with Crippen LogP contribution in [0.3, 0.4) is 0 Å². The van der Waals surface area contributed by atoms with E-state index in [1.165, 1.54) is 0 Å². The highest BCUT2D eigenvalue weighted by Crippen LogP contribution is 2.03. The van der Waals surface area contributed by atoms with Crippen LogP contribution in [0.15, 0.2) is 12.3 Å². The third-order valence-electron chi connectivity index (χ3n) is 1.86. The molecular weight excluding hydrogens is 178 g/mol. The number of anilines is 2. The molecule has 0 amide bonds. The lowest BCUT2D eigenvalue weighted by molar-refractivity contribution is 0.706. The first-order chi connectivity index (χ1) is 6.83. The van der Waals surface area contributed by atoms with Crippen LogP contribution in [0.2, 0.25) is 0 Å². The van der Waals surface area contributed by atoms with E-state index in [2.05, 4.69) is 15.3 Å². The Balaban J connectivity index is 2.18. The van der Waals surface area contributed by atoms with E-state index < -0.39 is 0 Å². The van der Waals surface area contributed by atoms with Crippen LogP contribution in [-0.4, -0.2) is 23.1 Å². The predicted molar refractivity (Wildman–Crippen MR) is 57.8 cm³/mol. The smallest absolute Gasteiger partial charge is 0.221 e. The molecule has 5 nitrogen and oxygen atoms in total. The van der Waals surface area contributed by atoms with Gasteiger partial charge in [0.05, 0.1) is 0 Å². The Morgan fingerprint density at radius 2 is 2.14 bits per heavy atom. The molecule has 0 saturated heterocycles. The van der Waals surface area contributed by atoms with E-state index >= 15 is 0 Å². The number of nitrogens with zero attached hydrogens (tertiary/aromatic N) is 2. The normalized spacial score (nSPS) is 10.1. The van der Waals surface area contributed by atoms with E-state index in [-0.39, 0.29) is 0 Å². The molecule has 0 aliphatic heterocycles. The Bertz CT molecular complexity index is 263. The predicted octanol–water partition coefficient (Wildman–Crippen LogP) is 0.600. The Morgan fingerprint density at radius 1 is 1.29 bits per heavy atom. The molecule has 1 aromatic heterocycles. The van der Waals surface area contributed by atoms with Gasteiger partial charge in [0.2, 0.25) is 5.95 Å². The number of hydrogen-bond acceptors (Lipinski definition) is 5. The molecule has 0 bridgehead atoms. The van der Waals surface area contributed by atoms with E-state index in [9.17, 15) is 0 Å². The number of unbranched alkanes of at least 4 members (excludes halogenated alkanes) is 2. The summed E-state index contributed by atoms with van der Waals surface area (Å²) in [5.74, 6) is 1.09. The third-order valence-corrected chi connectivity index (χ3v) is 1.86. The lowest BCUT2D eigenvalue weighted by Crippen LogP contribution is -2.06. The molecule has 0 atom stereocenters. The van der Waals surface area contributed by atoms with Gasteiger partial charge >= 0.3 is 0 Å². The minimum Gasteiger partial charge on any atom is -0.370 e. The first-order valence-corrected chi connectivity index (χ1v) is 4.85. The number of nitrogens with two attached hydrogens (primary N) is 2. The summed E-state index contributed by atoms with van der Waals surface area (Å²) in [6.45, 7) is 1.66. The fourth-order valence-electron chi connectivity index (χ4n) is 1.13. The molecule has 0 aliphatic carbocycles. The molecule has 0 saturated carbocycles. The minimum atomic E-state index is 0.303. The van der Waals surface area contributed by atoms with Crippen LogP contribution < -0.4 is 16.8 Å². The summed E-state index contributed by atoms with van der Waals surface area (Å²) in [5, 5.41) is 3.17. The van der Waals surface area contributed by atoms with Crippen molar-refractivity contribution in [3.8, 4) is 0 Å². The van der Waals surface area contributed by atoms with E-state index in [1.54, 1.807) is 12.3 Å². The van der Waals surface area contributed by atoms with Crippen LogP contribution in [0, 0.1) is 0 Å². The lowest BCUT2D eigenvalue weighted by atomic mass is 10.2. The van der Waals surface area contributed by atoms with Crippen molar-refractivity contribution in [3.05, 3.63) is 12.3 Å². The highest BCUT2D eigenvalue weighted by Gasteiger charge is 1.94. The molecule has 5 N–H and O–H groups in total. The highest BCUT2D eigenvalue weighted by atomic mass is 15.1. The van der Waals surface area contributed by atoms with Gasteiger partial charge in [-0.2, -0.15) is 4.98 Å². The fraction of sp³-hybridized carbons (Fsp3) is 0.556. The van der Waals surface area contributed by atoms with Crippen molar-refractivity contribution >= 4 is 11.8 Å². The van der Waals surface area contributed by atoms with Crippen molar-refractivity contribution in [1.29, 1.82) is 0 Å². The molecule has 78 valence electrons. The minimum absolute atomic E-state index is 0.303. The van der Waals surface area contributed by atoms with Gasteiger partial charge in [0.15, 0.2) is 0 Å². The maximum Gasteiger partial charge on any atom is 0.221 e. The van der Waals surface area contributed by atoms with E-state index in [1.807, 2.05) is 0 Å². The second kappa shape index (κ2) is 6.15. The first-order valence-electron chi connectivity index (χ1n) is 4.85. The standard InChI is InChI=1S/C9H17N5/c10-5-2-1-3-6-12-8-4-7-13-9(11)14-8/h4,7H,1-3,5-6,10H2,(H3,11,12,13,14). The molecule has 1 rings (SSSR count). The number of nitrogens with one attached hydrogen (secondary N) is 1. The van der Waals surface area contributed by atoms with Crippen molar-refractivity contribution in [1.82, 2.24) is 9.97 Å². The summed E-state index contributed by atoms with van der Waals surface area (Å²) in [6.07, 6.45) is 4.96. The van der Waals surface area contributed by atoms with Crippen molar-refractivity contribution in [2.45, 2.75) is 19.3 Å².